The summed E-state index contributed by atoms with van der Waals surface area (Å²) in [6.07, 6.45) is 1.20. The number of nitrogen functional groups attached to an aromatic ring is 1. The summed E-state index contributed by atoms with van der Waals surface area (Å²) in [5, 5.41) is 3.05. The van der Waals surface area contributed by atoms with E-state index in [1.807, 2.05) is 45.0 Å². The summed E-state index contributed by atoms with van der Waals surface area (Å²) in [6, 6.07) is 10.9. The Morgan fingerprint density at radius 2 is 1.71 bits per heavy atom. The molecule has 0 saturated heterocycles. The molecule has 0 atom stereocenters. The first-order valence-electron chi connectivity index (χ1n) is 9.52. The molecule has 0 aliphatic heterocycles. The molecule has 7 nitrogen and oxygen atoms in total. The Kier molecular flexibility index (Phi) is 6.66. The largest absolute Gasteiger partial charge is 0.382 e. The van der Waals surface area contributed by atoms with Gasteiger partial charge in [-0.05, 0) is 68.1 Å². The number of nitrogens with two attached hydrogens (primary N) is 1. The SMILES string of the molecule is Cc1ccc(C)c(S(=O)(=O)c2cnc(SCC(=O)Nc3ccc(C)c(C)c3)nc2N)c1. The van der Waals surface area contributed by atoms with Crippen molar-refractivity contribution in [2.45, 2.75) is 42.6 Å². The van der Waals surface area contributed by atoms with Crippen molar-refractivity contribution in [2.75, 3.05) is 16.8 Å². The van der Waals surface area contributed by atoms with Gasteiger partial charge >= 0.3 is 0 Å². The van der Waals surface area contributed by atoms with Gasteiger partial charge in [0.25, 0.3) is 0 Å². The first-order chi connectivity index (χ1) is 14.6. The van der Waals surface area contributed by atoms with Crippen molar-refractivity contribution in [3.05, 3.63) is 64.8 Å². The van der Waals surface area contributed by atoms with E-state index in [9.17, 15) is 13.2 Å². The molecule has 0 bridgehead atoms. The fourth-order valence-electron chi connectivity index (χ4n) is 2.91. The van der Waals surface area contributed by atoms with Gasteiger partial charge in [0.05, 0.1) is 16.8 Å². The predicted octanol–water partition coefficient (Wildman–Crippen LogP) is 3.86. The van der Waals surface area contributed by atoms with Crippen LogP contribution in [0.2, 0.25) is 0 Å². The standard InChI is InChI=1S/C22H24N4O3S2/c1-13-5-6-15(3)18(9-13)31(28,29)19-11-24-22(26-21(19)23)30-12-20(27)25-17-8-7-14(2)16(4)10-17/h5-11H,12H2,1-4H3,(H,25,27)(H2,23,24,26). The molecular weight excluding hydrogens is 432 g/mol. The lowest BCUT2D eigenvalue weighted by atomic mass is 10.1. The number of hydrogen-bond acceptors (Lipinski definition) is 7. The molecule has 3 rings (SSSR count). The first kappa shape index (κ1) is 22.8. The number of sulfone groups is 1. The summed E-state index contributed by atoms with van der Waals surface area (Å²) < 4.78 is 26.1. The van der Waals surface area contributed by atoms with E-state index in [1.165, 1.54) is 6.20 Å². The molecule has 9 heteroatoms. The van der Waals surface area contributed by atoms with Crippen molar-refractivity contribution < 1.29 is 13.2 Å². The van der Waals surface area contributed by atoms with Gasteiger partial charge in [-0.25, -0.2) is 18.4 Å². The zero-order chi connectivity index (χ0) is 22.8. The van der Waals surface area contributed by atoms with Crippen LogP contribution in [0, 0.1) is 27.7 Å². The Balaban J connectivity index is 1.72. The maximum Gasteiger partial charge on any atom is 0.234 e. The van der Waals surface area contributed by atoms with Crippen molar-refractivity contribution in [3.8, 4) is 0 Å². The number of anilines is 2. The fourth-order valence-corrected chi connectivity index (χ4v) is 5.11. The minimum absolute atomic E-state index is 0.0649. The smallest absolute Gasteiger partial charge is 0.234 e. The van der Waals surface area contributed by atoms with Crippen LogP contribution in [-0.4, -0.2) is 30.0 Å². The van der Waals surface area contributed by atoms with Crippen molar-refractivity contribution in [1.82, 2.24) is 9.97 Å². The summed E-state index contributed by atoms with van der Waals surface area (Å²) in [4.78, 5) is 20.5. The number of rotatable bonds is 6. The second kappa shape index (κ2) is 9.07. The van der Waals surface area contributed by atoms with Gasteiger partial charge in [-0.3, -0.25) is 4.79 Å². The topological polar surface area (TPSA) is 115 Å². The predicted molar refractivity (Wildman–Crippen MR) is 123 cm³/mol. The molecule has 0 radical (unpaired) electrons. The average Bonchev–Trinajstić information content (AvgIpc) is 2.71. The van der Waals surface area contributed by atoms with Gasteiger partial charge in [0.1, 0.15) is 10.7 Å². The highest BCUT2D eigenvalue weighted by Crippen LogP contribution is 2.28. The number of nitrogens with one attached hydrogen (secondary N) is 1. The van der Waals surface area contributed by atoms with E-state index in [0.717, 1.165) is 28.5 Å². The molecule has 1 amide bonds. The zero-order valence-corrected chi connectivity index (χ0v) is 19.4. The van der Waals surface area contributed by atoms with Crippen LogP contribution in [0.25, 0.3) is 0 Å². The molecule has 0 fully saturated rings. The van der Waals surface area contributed by atoms with Crippen LogP contribution < -0.4 is 11.1 Å². The molecule has 1 aromatic heterocycles. The summed E-state index contributed by atoms with van der Waals surface area (Å²) >= 11 is 1.08. The van der Waals surface area contributed by atoms with Crippen LogP contribution in [0.4, 0.5) is 11.5 Å². The van der Waals surface area contributed by atoms with Crippen LogP contribution >= 0.6 is 11.8 Å². The van der Waals surface area contributed by atoms with Crippen LogP contribution in [0.5, 0.6) is 0 Å². The van der Waals surface area contributed by atoms with Gasteiger partial charge in [0, 0.05) is 5.69 Å². The number of aryl methyl sites for hydroxylation is 4. The van der Waals surface area contributed by atoms with Crippen LogP contribution in [0.1, 0.15) is 22.3 Å². The quantitative estimate of drug-likeness (QED) is 0.427. The minimum Gasteiger partial charge on any atom is -0.382 e. The highest BCUT2D eigenvalue weighted by molar-refractivity contribution is 7.99. The number of nitrogens with zero attached hydrogens (tertiary/aromatic N) is 2. The van der Waals surface area contributed by atoms with Gasteiger partial charge in [0.2, 0.25) is 15.7 Å². The van der Waals surface area contributed by atoms with E-state index in [1.54, 1.807) is 19.1 Å². The van der Waals surface area contributed by atoms with Gasteiger partial charge < -0.3 is 11.1 Å². The van der Waals surface area contributed by atoms with E-state index in [2.05, 4.69) is 15.3 Å². The molecule has 3 N–H and O–H groups in total. The van der Waals surface area contributed by atoms with Crippen LogP contribution in [0.15, 0.2) is 57.5 Å². The highest BCUT2D eigenvalue weighted by atomic mass is 32.2. The molecule has 0 unspecified atom stereocenters. The van der Waals surface area contributed by atoms with Crippen molar-refractivity contribution in [1.29, 1.82) is 0 Å². The molecule has 31 heavy (non-hydrogen) atoms. The number of benzene rings is 2. The Hall–Kier alpha value is -2.91. The number of carbonyl (C=O) groups excluding carboxylic acids is 1. The van der Waals surface area contributed by atoms with E-state index >= 15 is 0 Å². The molecule has 0 saturated carbocycles. The molecular formula is C22H24N4O3S2. The molecule has 0 spiro atoms. The average molecular weight is 457 g/mol. The summed E-state index contributed by atoms with van der Waals surface area (Å²) in [5.41, 5.74) is 10.3. The zero-order valence-electron chi connectivity index (χ0n) is 17.8. The summed E-state index contributed by atoms with van der Waals surface area (Å²) in [7, 11) is -3.86. The third-order valence-electron chi connectivity index (χ3n) is 4.81. The fraction of sp³-hybridized carbons (Fsp3) is 0.227. The van der Waals surface area contributed by atoms with E-state index in [-0.39, 0.29) is 32.4 Å². The van der Waals surface area contributed by atoms with E-state index < -0.39 is 9.84 Å². The monoisotopic (exact) mass is 456 g/mol. The number of aromatic nitrogens is 2. The maximum absolute atomic E-state index is 13.0. The highest BCUT2D eigenvalue weighted by Gasteiger charge is 2.24. The molecule has 3 aromatic rings. The van der Waals surface area contributed by atoms with Crippen molar-refractivity contribution in [2.24, 2.45) is 0 Å². The number of carbonyl (C=O) groups is 1. The van der Waals surface area contributed by atoms with Crippen molar-refractivity contribution >= 4 is 39.0 Å². The van der Waals surface area contributed by atoms with Crippen LogP contribution in [-0.2, 0) is 14.6 Å². The van der Waals surface area contributed by atoms with Gasteiger partial charge in [-0.1, -0.05) is 30.0 Å². The first-order valence-corrected chi connectivity index (χ1v) is 12.0. The second-order valence-electron chi connectivity index (χ2n) is 7.31. The van der Waals surface area contributed by atoms with Gasteiger partial charge in [0.15, 0.2) is 5.16 Å². The summed E-state index contributed by atoms with van der Waals surface area (Å²) in [6.45, 7) is 7.52. The van der Waals surface area contributed by atoms with Gasteiger partial charge in [-0.15, -0.1) is 0 Å². The Morgan fingerprint density at radius 1 is 1.00 bits per heavy atom. The molecule has 0 aliphatic carbocycles. The normalized spacial score (nSPS) is 11.4. The number of hydrogen-bond donors (Lipinski definition) is 2. The molecule has 1 heterocycles. The minimum atomic E-state index is -3.86. The van der Waals surface area contributed by atoms with E-state index in [4.69, 9.17) is 5.73 Å². The maximum atomic E-state index is 13.0. The lowest BCUT2D eigenvalue weighted by Gasteiger charge is -2.11. The lowest BCUT2D eigenvalue weighted by molar-refractivity contribution is -0.113. The van der Waals surface area contributed by atoms with E-state index in [0.29, 0.717) is 11.3 Å². The third kappa shape index (κ3) is 5.23. The Labute approximate surface area is 186 Å². The van der Waals surface area contributed by atoms with Crippen LogP contribution in [0.3, 0.4) is 0 Å². The lowest BCUT2D eigenvalue weighted by Crippen LogP contribution is -2.15. The second-order valence-corrected chi connectivity index (χ2v) is 10.1. The summed E-state index contributed by atoms with van der Waals surface area (Å²) in [5.74, 6) is -0.300. The Morgan fingerprint density at radius 3 is 2.39 bits per heavy atom. The number of thioether (sulfide) groups is 1. The molecule has 2 aromatic carbocycles. The molecule has 162 valence electrons. The van der Waals surface area contributed by atoms with Gasteiger partial charge in [-0.2, -0.15) is 0 Å². The number of amides is 1. The third-order valence-corrected chi connectivity index (χ3v) is 7.58. The Bertz CT molecular complexity index is 1260. The van der Waals surface area contributed by atoms with Crippen molar-refractivity contribution in [3.63, 3.8) is 0 Å². The molecule has 0 aliphatic rings.